The third-order valence-corrected chi connectivity index (χ3v) is 15.5. The zero-order valence-electron chi connectivity index (χ0n) is 43.8. The number of rotatable bonds is 7. The van der Waals surface area contributed by atoms with E-state index in [0.29, 0.717) is 51.3 Å². The normalized spacial score (nSPS) is 15.4. The van der Waals surface area contributed by atoms with E-state index in [0.717, 1.165) is 71.7 Å². The summed E-state index contributed by atoms with van der Waals surface area (Å²) in [6.45, 7) is 4.68. The molecule has 2 atom stereocenters. The van der Waals surface area contributed by atoms with Crippen LogP contribution in [-0.2, 0) is 59.4 Å². The van der Waals surface area contributed by atoms with Crippen LogP contribution in [0.2, 0.25) is 20.1 Å². The molecule has 416 valence electrons. The Morgan fingerprint density at radius 3 is 1.65 bits per heavy atom. The molecule has 0 saturated heterocycles. The Balaban J connectivity index is 0.000000121. The molecule has 6 heterocycles. The fraction of sp³-hybridized carbons (Fsp3) is 0.281. The average Bonchev–Trinajstić information content (AvgIpc) is 4.44. The molecule has 81 heavy (non-hydrogen) atoms. The lowest BCUT2D eigenvalue weighted by atomic mass is 10.0. The van der Waals surface area contributed by atoms with Gasteiger partial charge in [-0.05, 0) is 138 Å². The van der Waals surface area contributed by atoms with Crippen LogP contribution in [0.3, 0.4) is 0 Å². The predicted octanol–water partition coefficient (Wildman–Crippen LogP) is 8.70. The third-order valence-electron chi connectivity index (χ3n) is 14.5. The lowest BCUT2D eigenvalue weighted by Crippen LogP contribution is -2.23. The lowest BCUT2D eigenvalue weighted by Gasteiger charge is -2.10. The van der Waals surface area contributed by atoms with Crippen molar-refractivity contribution >= 4 is 80.1 Å². The number of aromatic amines is 1. The van der Waals surface area contributed by atoms with Crippen LogP contribution in [0.4, 0.5) is 0 Å². The van der Waals surface area contributed by atoms with E-state index in [1.54, 1.807) is 29.3 Å². The zero-order chi connectivity index (χ0) is 57.1. The lowest BCUT2D eigenvalue weighted by molar-refractivity contribution is 0.0994. The molecule has 0 aliphatic heterocycles. The molecule has 2 unspecified atom stereocenters. The highest BCUT2D eigenvalue weighted by molar-refractivity contribution is 6.31. The first kappa shape index (κ1) is 56.3. The van der Waals surface area contributed by atoms with Crippen LogP contribution in [0.1, 0.15) is 98.6 Å². The summed E-state index contributed by atoms with van der Waals surface area (Å²) < 4.78 is 17.2. The van der Waals surface area contributed by atoms with Crippen molar-refractivity contribution in [3.05, 3.63) is 223 Å². The Morgan fingerprint density at radius 2 is 1.09 bits per heavy atom. The number of allylic oxidation sites excluding steroid dienone is 1. The molecule has 4 aliphatic carbocycles. The summed E-state index contributed by atoms with van der Waals surface area (Å²) >= 11 is 23.6. The standard InChI is InChI=1S/C19H17ClN6O3.C10H11ClO.C10H9Cl.C9H7ClO.C9H8N6O3/c1-24-9-21-17-16(24)18(27)25(10-22-17)8-15-23-26(19(28)29-15)7-12-3-2-11-4-5-13(20)6-14(11)12;11-9-4-3-7-1-2-8(6-12)10(7)5-9;1-7-2-3-8-4-5-9(11)6-10(7)8;10-7-3-1-6-2-4-9(11)8(6)5-7;1-14-3-10-7-6(14)8(16)15(4-11-7)2-5-12-13-9(17)18-5/h4-6,9-10,12H,2-3,7-8H2,1H3;3-5,8,12H,1-2,6H2;4-6H,1-3H2;1,3,5H,2,4H2;3-4H,2H2,1H3,(H,13,17). The maximum atomic E-state index is 12.6. The van der Waals surface area contributed by atoms with Crippen LogP contribution in [0, 0.1) is 0 Å². The van der Waals surface area contributed by atoms with Gasteiger partial charge in [0, 0.05) is 64.6 Å². The van der Waals surface area contributed by atoms with E-state index in [1.807, 2.05) is 54.6 Å². The molecule has 2 N–H and O–H groups in total. The fourth-order valence-corrected chi connectivity index (χ4v) is 11.1. The molecule has 14 rings (SSSR count). The molecule has 0 bridgehead atoms. The van der Waals surface area contributed by atoms with Gasteiger partial charge in [0.1, 0.15) is 25.7 Å². The summed E-state index contributed by atoms with van der Waals surface area (Å²) in [5.41, 5.74) is 11.8. The van der Waals surface area contributed by atoms with Gasteiger partial charge < -0.3 is 23.1 Å². The molecule has 0 amide bonds. The molecule has 20 nitrogen and oxygen atoms in total. The second-order valence-electron chi connectivity index (χ2n) is 19.8. The Bertz CT molecular complexity index is 4200. The summed E-state index contributed by atoms with van der Waals surface area (Å²) in [6.07, 6.45) is 13.5. The number of halogens is 4. The van der Waals surface area contributed by atoms with Gasteiger partial charge in [-0.3, -0.25) is 23.5 Å². The number of nitrogens with one attached hydrogen (secondary N) is 1. The number of aryl methyl sites for hydroxylation is 6. The van der Waals surface area contributed by atoms with Crippen molar-refractivity contribution < 1.29 is 18.7 Å². The number of aromatic nitrogens is 12. The maximum absolute atomic E-state index is 12.6. The van der Waals surface area contributed by atoms with Gasteiger partial charge in [-0.1, -0.05) is 77.2 Å². The van der Waals surface area contributed by atoms with Gasteiger partial charge in [-0.15, -0.1) is 10.2 Å². The Labute approximate surface area is 480 Å². The first-order valence-corrected chi connectivity index (χ1v) is 27.3. The van der Waals surface area contributed by atoms with E-state index in [1.165, 1.54) is 72.5 Å². The number of fused-ring (bicyclic) bond motifs is 6. The highest BCUT2D eigenvalue weighted by Crippen LogP contribution is 2.37. The molecule has 6 aromatic heterocycles. The molecule has 0 saturated carbocycles. The summed E-state index contributed by atoms with van der Waals surface area (Å²) in [4.78, 5) is 75.3. The number of benzene rings is 4. The molecule has 0 spiro atoms. The van der Waals surface area contributed by atoms with Gasteiger partial charge >= 0.3 is 11.5 Å². The molecule has 0 radical (unpaired) electrons. The molecule has 24 heteroatoms. The van der Waals surface area contributed by atoms with E-state index >= 15 is 0 Å². The van der Waals surface area contributed by atoms with Crippen LogP contribution >= 0.6 is 46.4 Å². The monoisotopic (exact) mass is 1170 g/mol. The van der Waals surface area contributed by atoms with E-state index in [2.05, 4.69) is 53.9 Å². The Hall–Kier alpha value is -8.01. The van der Waals surface area contributed by atoms with Crippen molar-refractivity contribution in [3.63, 3.8) is 0 Å². The molecule has 4 aromatic carbocycles. The van der Waals surface area contributed by atoms with Crippen molar-refractivity contribution in [2.24, 2.45) is 14.1 Å². The zero-order valence-corrected chi connectivity index (χ0v) is 46.8. The molecule has 10 aromatic rings. The number of ketones is 1. The molecular formula is C57H52Cl4N12O8. The van der Waals surface area contributed by atoms with Crippen LogP contribution in [0.25, 0.3) is 27.9 Å². The van der Waals surface area contributed by atoms with Gasteiger partial charge in [0.05, 0.1) is 19.2 Å². The minimum absolute atomic E-state index is 0.0161. The van der Waals surface area contributed by atoms with Crippen molar-refractivity contribution in [2.45, 2.75) is 82.8 Å². The second-order valence-corrected chi connectivity index (χ2v) is 21.6. The minimum atomic E-state index is -0.660. The number of aliphatic hydroxyl groups is 1. The average molecular weight is 1170 g/mol. The summed E-state index contributed by atoms with van der Waals surface area (Å²) in [5, 5.41) is 22.0. The van der Waals surface area contributed by atoms with Crippen LogP contribution in [-0.4, -0.2) is 75.7 Å². The predicted molar refractivity (Wildman–Crippen MR) is 307 cm³/mol. The van der Waals surface area contributed by atoms with E-state index in [9.17, 15) is 24.0 Å². The van der Waals surface area contributed by atoms with Crippen molar-refractivity contribution in [1.29, 1.82) is 0 Å². The van der Waals surface area contributed by atoms with Crippen molar-refractivity contribution in [3.8, 4) is 0 Å². The Kier molecular flexibility index (Phi) is 16.9. The first-order valence-electron chi connectivity index (χ1n) is 25.8. The SMILES string of the molecule is C=C1CCc2ccc(Cl)cc21.Cn1cnc2ncn(Cc3n[nH]c(=O)o3)c(=O)c21.Cn1cnc2ncn(Cc3nn(CC4CCc5ccc(Cl)cc54)c(=O)o3)c(=O)c21.O=C1CCc2ccc(Cl)cc21.OCC1CCc2ccc(Cl)cc21. The molecule has 4 aliphatic rings. The van der Waals surface area contributed by atoms with Gasteiger partial charge in [0.25, 0.3) is 11.1 Å². The van der Waals surface area contributed by atoms with E-state index < -0.39 is 11.5 Å². The number of hydrogen-bond acceptors (Lipinski definition) is 14. The van der Waals surface area contributed by atoms with Crippen LogP contribution < -0.4 is 22.6 Å². The number of H-pyrrole nitrogens is 1. The van der Waals surface area contributed by atoms with Crippen LogP contribution in [0.15, 0.2) is 133 Å². The summed E-state index contributed by atoms with van der Waals surface area (Å²) in [5.74, 6) is -0.239. The number of carbonyl (C=O) groups is 1. The number of hydrogen-bond donors (Lipinski definition) is 2. The number of aliphatic hydroxyl groups excluding tert-OH is 1. The topological polar surface area (TPSA) is 250 Å². The molecular weight excluding hydrogens is 1120 g/mol. The van der Waals surface area contributed by atoms with Crippen molar-refractivity contribution in [2.75, 3.05) is 6.61 Å². The second kappa shape index (κ2) is 24.4. The highest BCUT2D eigenvalue weighted by atomic mass is 35.5. The number of carbonyl (C=O) groups excluding carboxylic acids is 1. The van der Waals surface area contributed by atoms with Gasteiger partial charge in [-0.25, -0.2) is 34.6 Å². The summed E-state index contributed by atoms with van der Waals surface area (Å²) in [6, 6.07) is 23.4. The van der Waals surface area contributed by atoms with Gasteiger partial charge in [0.2, 0.25) is 11.8 Å². The number of imidazole rings is 2. The third kappa shape index (κ3) is 12.6. The highest BCUT2D eigenvalue weighted by Gasteiger charge is 2.26. The maximum Gasteiger partial charge on any atom is 0.437 e. The summed E-state index contributed by atoms with van der Waals surface area (Å²) in [7, 11) is 3.43. The minimum Gasteiger partial charge on any atom is -0.396 e. The number of Topliss-reactive ketones (excluding diaryl/α,β-unsaturated/α-hetero) is 1. The van der Waals surface area contributed by atoms with Gasteiger partial charge in [0.15, 0.2) is 28.1 Å². The quantitative estimate of drug-likeness (QED) is 0.152. The smallest absolute Gasteiger partial charge is 0.396 e. The largest absolute Gasteiger partial charge is 0.437 e. The van der Waals surface area contributed by atoms with E-state index in [4.69, 9.17) is 60.3 Å². The number of nitrogens with zero attached hydrogens (tertiary/aromatic N) is 11. The molecule has 0 fully saturated rings. The first-order chi connectivity index (χ1) is 39.0. The van der Waals surface area contributed by atoms with Crippen LogP contribution in [0.5, 0.6) is 0 Å². The van der Waals surface area contributed by atoms with E-state index in [-0.39, 0.29) is 54.3 Å². The Morgan fingerprint density at radius 1 is 0.593 bits per heavy atom. The van der Waals surface area contributed by atoms with Crippen molar-refractivity contribution in [1.82, 2.24) is 58.2 Å². The van der Waals surface area contributed by atoms with Gasteiger partial charge in [-0.2, -0.15) is 4.68 Å². The fourth-order valence-electron chi connectivity index (χ4n) is 10.3.